The van der Waals surface area contributed by atoms with Gasteiger partial charge in [0.1, 0.15) is 0 Å². The quantitative estimate of drug-likeness (QED) is 0.749. The van der Waals surface area contributed by atoms with Crippen LogP contribution in [0.3, 0.4) is 0 Å². The van der Waals surface area contributed by atoms with Gasteiger partial charge in [-0.15, -0.1) is 0 Å². The highest BCUT2D eigenvalue weighted by atomic mass is 16.1. The van der Waals surface area contributed by atoms with E-state index in [9.17, 15) is 4.79 Å². The van der Waals surface area contributed by atoms with Crippen molar-refractivity contribution in [3.8, 4) is 0 Å². The zero-order chi connectivity index (χ0) is 9.97. The smallest absolute Gasteiger partial charge is 0.227 e. The molecule has 0 atom stereocenters. The Morgan fingerprint density at radius 2 is 2.00 bits per heavy atom. The summed E-state index contributed by atoms with van der Waals surface area (Å²) in [7, 11) is 0. The van der Waals surface area contributed by atoms with Gasteiger partial charge in [-0.2, -0.15) is 0 Å². The maximum Gasteiger partial charge on any atom is 0.227 e. The van der Waals surface area contributed by atoms with Gasteiger partial charge in [0.05, 0.1) is 23.1 Å². The number of carbonyl (C=O) groups excluding carboxylic acids is 1. The Bertz CT molecular complexity index is 482. The van der Waals surface area contributed by atoms with Gasteiger partial charge < -0.3 is 5.73 Å². The van der Waals surface area contributed by atoms with Gasteiger partial charge in [0.25, 0.3) is 0 Å². The highest BCUT2D eigenvalue weighted by molar-refractivity contribution is 5.86. The molecule has 2 aromatic rings. The molecule has 0 aliphatic rings. The maximum absolute atomic E-state index is 10.6. The van der Waals surface area contributed by atoms with E-state index in [1.807, 2.05) is 24.3 Å². The molecule has 2 N–H and O–H groups in total. The minimum absolute atomic E-state index is 0.483. The summed E-state index contributed by atoms with van der Waals surface area (Å²) < 4.78 is 0. The van der Waals surface area contributed by atoms with Crippen LogP contribution < -0.4 is 5.73 Å². The number of amides is 1. The van der Waals surface area contributed by atoms with E-state index in [0.29, 0.717) is 5.69 Å². The standard InChI is InChI=1S/C10H8N3O/c11-10(14)5-7-6-12-8-3-1-2-4-9(8)13-7/h1-6H,(H2,11,14). The molecule has 0 saturated carbocycles. The number of nitrogens with zero attached hydrogens (tertiary/aromatic N) is 2. The van der Waals surface area contributed by atoms with Crippen molar-refractivity contribution in [1.82, 2.24) is 9.97 Å². The van der Waals surface area contributed by atoms with E-state index in [-0.39, 0.29) is 0 Å². The fraction of sp³-hybridized carbons (Fsp3) is 0. The van der Waals surface area contributed by atoms with Crippen LogP contribution in [0.2, 0.25) is 0 Å². The molecule has 0 aliphatic carbocycles. The molecular weight excluding hydrogens is 178 g/mol. The first kappa shape index (κ1) is 8.62. The fourth-order valence-corrected chi connectivity index (χ4v) is 1.19. The second-order valence-electron chi connectivity index (χ2n) is 2.83. The van der Waals surface area contributed by atoms with Crippen LogP contribution in [0.5, 0.6) is 0 Å². The number of hydrogen-bond donors (Lipinski definition) is 1. The van der Waals surface area contributed by atoms with Gasteiger partial charge in [-0.05, 0) is 12.1 Å². The Morgan fingerprint density at radius 1 is 1.29 bits per heavy atom. The number of nitrogens with two attached hydrogens (primary N) is 1. The van der Waals surface area contributed by atoms with Crippen molar-refractivity contribution in [2.24, 2.45) is 5.73 Å². The lowest BCUT2D eigenvalue weighted by atomic mass is 10.2. The molecule has 0 spiro atoms. The van der Waals surface area contributed by atoms with Crippen LogP contribution in [0.4, 0.5) is 0 Å². The first-order valence-electron chi connectivity index (χ1n) is 4.12. The molecular formula is C10H8N3O. The predicted molar refractivity (Wildman–Crippen MR) is 52.1 cm³/mol. The number of rotatable bonds is 2. The summed E-state index contributed by atoms with van der Waals surface area (Å²) in [4.78, 5) is 18.9. The maximum atomic E-state index is 10.6. The molecule has 4 nitrogen and oxygen atoms in total. The Kier molecular flexibility index (Phi) is 2.10. The summed E-state index contributed by atoms with van der Waals surface area (Å²) in [6.07, 6.45) is 2.77. The van der Waals surface area contributed by atoms with Crippen LogP contribution in [-0.4, -0.2) is 15.9 Å². The number of para-hydroxylation sites is 2. The van der Waals surface area contributed by atoms with Gasteiger partial charge >= 0.3 is 0 Å². The van der Waals surface area contributed by atoms with E-state index in [2.05, 4.69) is 9.97 Å². The molecule has 1 aromatic carbocycles. The normalized spacial score (nSPS) is 10.3. The van der Waals surface area contributed by atoms with Crippen LogP contribution >= 0.6 is 0 Å². The van der Waals surface area contributed by atoms with Crippen molar-refractivity contribution in [2.45, 2.75) is 0 Å². The van der Waals surface area contributed by atoms with Crippen LogP contribution in [0.1, 0.15) is 5.69 Å². The van der Waals surface area contributed by atoms with Crippen molar-refractivity contribution in [3.05, 3.63) is 42.6 Å². The molecule has 0 aliphatic heterocycles. The molecule has 1 amide bonds. The molecule has 0 unspecified atom stereocenters. The molecule has 0 bridgehead atoms. The lowest BCUT2D eigenvalue weighted by molar-refractivity contribution is -0.114. The Hall–Kier alpha value is -1.97. The number of hydrogen-bond acceptors (Lipinski definition) is 3. The summed E-state index contributed by atoms with van der Waals surface area (Å²) >= 11 is 0. The van der Waals surface area contributed by atoms with Crippen LogP contribution in [0.15, 0.2) is 30.5 Å². The molecule has 1 heterocycles. The first-order chi connectivity index (χ1) is 6.75. The van der Waals surface area contributed by atoms with Crippen LogP contribution in [-0.2, 0) is 4.79 Å². The molecule has 1 aromatic heterocycles. The number of carbonyl (C=O) groups is 1. The van der Waals surface area contributed by atoms with Gasteiger partial charge in [-0.1, -0.05) is 12.1 Å². The highest BCUT2D eigenvalue weighted by Gasteiger charge is 2.02. The van der Waals surface area contributed by atoms with Crippen molar-refractivity contribution < 1.29 is 4.79 Å². The van der Waals surface area contributed by atoms with E-state index in [1.54, 1.807) is 0 Å². The fourth-order valence-electron chi connectivity index (χ4n) is 1.19. The number of fused-ring (bicyclic) bond motifs is 1. The van der Waals surface area contributed by atoms with Gasteiger partial charge in [0, 0.05) is 6.20 Å². The molecule has 0 fully saturated rings. The van der Waals surface area contributed by atoms with Crippen LogP contribution in [0, 0.1) is 6.42 Å². The summed E-state index contributed by atoms with van der Waals surface area (Å²) in [5.41, 5.74) is 7.04. The second-order valence-corrected chi connectivity index (χ2v) is 2.83. The molecule has 1 radical (unpaired) electrons. The van der Waals surface area contributed by atoms with Gasteiger partial charge in [-0.3, -0.25) is 9.78 Å². The summed E-state index contributed by atoms with van der Waals surface area (Å²) in [5, 5.41) is 0. The third-order valence-corrected chi connectivity index (χ3v) is 1.76. The van der Waals surface area contributed by atoms with Crippen molar-refractivity contribution in [3.63, 3.8) is 0 Å². The monoisotopic (exact) mass is 186 g/mol. The summed E-state index contributed by atoms with van der Waals surface area (Å²) in [6.45, 7) is 0. The van der Waals surface area contributed by atoms with E-state index in [4.69, 9.17) is 5.73 Å². The molecule has 14 heavy (non-hydrogen) atoms. The zero-order valence-electron chi connectivity index (χ0n) is 7.34. The van der Waals surface area contributed by atoms with Crippen molar-refractivity contribution >= 4 is 16.9 Å². The third kappa shape index (κ3) is 1.69. The largest absolute Gasteiger partial charge is 0.369 e. The molecule has 2 rings (SSSR count). The lowest BCUT2D eigenvalue weighted by Crippen LogP contribution is -2.12. The van der Waals surface area contributed by atoms with Gasteiger partial charge in [0.15, 0.2) is 0 Å². The van der Waals surface area contributed by atoms with E-state index < -0.39 is 5.91 Å². The minimum atomic E-state index is -0.519. The average Bonchev–Trinajstić information content (AvgIpc) is 2.17. The van der Waals surface area contributed by atoms with Gasteiger partial charge in [-0.25, -0.2) is 4.98 Å². The first-order valence-corrected chi connectivity index (χ1v) is 4.12. The molecule has 4 heteroatoms. The lowest BCUT2D eigenvalue weighted by Gasteiger charge is -1.98. The van der Waals surface area contributed by atoms with Gasteiger partial charge in [0.2, 0.25) is 5.91 Å². The Labute approximate surface area is 80.8 Å². The topological polar surface area (TPSA) is 68.9 Å². The summed E-state index contributed by atoms with van der Waals surface area (Å²) in [6, 6.07) is 7.44. The van der Waals surface area contributed by atoms with Crippen molar-refractivity contribution in [1.29, 1.82) is 0 Å². The highest BCUT2D eigenvalue weighted by Crippen LogP contribution is 2.08. The number of benzene rings is 1. The Morgan fingerprint density at radius 3 is 2.71 bits per heavy atom. The second kappa shape index (κ2) is 3.41. The number of aromatic nitrogens is 2. The SMILES string of the molecule is NC(=O)[CH]c1cnc2ccccc2n1. The minimum Gasteiger partial charge on any atom is -0.369 e. The summed E-state index contributed by atoms with van der Waals surface area (Å²) in [5.74, 6) is -0.519. The predicted octanol–water partition coefficient (Wildman–Crippen LogP) is 0.667. The zero-order valence-corrected chi connectivity index (χ0v) is 7.34. The number of primary amides is 1. The molecule has 0 saturated heterocycles. The van der Waals surface area contributed by atoms with Crippen molar-refractivity contribution in [2.75, 3.05) is 0 Å². The Balaban J connectivity index is 2.46. The van der Waals surface area contributed by atoms with E-state index >= 15 is 0 Å². The third-order valence-electron chi connectivity index (χ3n) is 1.76. The molecule has 69 valence electrons. The average molecular weight is 186 g/mol. The van der Waals surface area contributed by atoms with E-state index in [0.717, 1.165) is 11.0 Å². The van der Waals surface area contributed by atoms with E-state index in [1.165, 1.54) is 12.6 Å². The van der Waals surface area contributed by atoms with Crippen LogP contribution in [0.25, 0.3) is 11.0 Å².